The van der Waals surface area contributed by atoms with Gasteiger partial charge in [-0.05, 0) is 24.3 Å². The summed E-state index contributed by atoms with van der Waals surface area (Å²) in [5, 5.41) is 19.0. The van der Waals surface area contributed by atoms with E-state index in [0.29, 0.717) is 4.34 Å². The summed E-state index contributed by atoms with van der Waals surface area (Å²) < 4.78 is 5.92. The summed E-state index contributed by atoms with van der Waals surface area (Å²) in [6.45, 7) is 0. The molecule has 0 amide bonds. The van der Waals surface area contributed by atoms with Crippen molar-refractivity contribution in [3.8, 4) is 17.2 Å². The third kappa shape index (κ3) is 1.97. The van der Waals surface area contributed by atoms with Gasteiger partial charge in [-0.25, -0.2) is 0 Å². The fourth-order valence-electron chi connectivity index (χ4n) is 1.76. The van der Waals surface area contributed by atoms with Crippen LogP contribution in [0.5, 0.6) is 17.2 Å². The Labute approximate surface area is 117 Å². The monoisotopic (exact) mass is 294 g/mol. The molecule has 0 saturated heterocycles. The molecule has 0 aliphatic carbocycles. The van der Waals surface area contributed by atoms with E-state index in [9.17, 15) is 15.0 Å². The van der Waals surface area contributed by atoms with Crippen molar-refractivity contribution < 1.29 is 19.7 Å². The number of allylic oxidation sites excluding steroid dienone is 1. The maximum absolute atomic E-state index is 12.1. The van der Waals surface area contributed by atoms with Crippen molar-refractivity contribution in [1.82, 2.24) is 0 Å². The summed E-state index contributed by atoms with van der Waals surface area (Å²) in [6.07, 6.45) is 1.55. The van der Waals surface area contributed by atoms with Gasteiger partial charge >= 0.3 is 0 Å². The van der Waals surface area contributed by atoms with Crippen molar-refractivity contribution in [1.29, 1.82) is 0 Å². The molecule has 0 radical (unpaired) electrons. The van der Waals surface area contributed by atoms with Crippen LogP contribution in [0, 0.1) is 0 Å². The number of Topliss-reactive ketones (excluding diaryl/α,β-unsaturated/α-hetero) is 1. The van der Waals surface area contributed by atoms with Gasteiger partial charge in [0, 0.05) is 11.0 Å². The molecule has 4 nitrogen and oxygen atoms in total. The molecule has 19 heavy (non-hydrogen) atoms. The van der Waals surface area contributed by atoms with E-state index in [-0.39, 0.29) is 28.6 Å². The van der Waals surface area contributed by atoms with Crippen LogP contribution in [0.15, 0.2) is 30.0 Å². The normalized spacial score (nSPS) is 15.6. The minimum absolute atomic E-state index is 0.0149. The standard InChI is InChI=1S/C13H7ClO4S/c14-10-4-1-6(19-10)5-9-11(16)7-2-3-8(15)12(17)13(7)18-9/h1-5,15,17H. The Kier molecular flexibility index (Phi) is 2.73. The average molecular weight is 295 g/mol. The lowest BCUT2D eigenvalue weighted by molar-refractivity contribution is 0.101. The Hall–Kier alpha value is -1.98. The van der Waals surface area contributed by atoms with Gasteiger partial charge in [-0.1, -0.05) is 11.6 Å². The van der Waals surface area contributed by atoms with Crippen molar-refractivity contribution in [2.75, 3.05) is 0 Å². The number of carbonyl (C=O) groups excluding carboxylic acids is 1. The maximum atomic E-state index is 12.1. The Balaban J connectivity index is 2.04. The van der Waals surface area contributed by atoms with E-state index in [2.05, 4.69) is 0 Å². The van der Waals surface area contributed by atoms with Gasteiger partial charge in [0.15, 0.2) is 17.3 Å². The molecule has 0 saturated carbocycles. The number of rotatable bonds is 1. The topological polar surface area (TPSA) is 66.8 Å². The summed E-state index contributed by atoms with van der Waals surface area (Å²) in [5.74, 6) is -1.02. The molecule has 1 aromatic carbocycles. The maximum Gasteiger partial charge on any atom is 0.232 e. The Morgan fingerprint density at radius 1 is 1.21 bits per heavy atom. The van der Waals surface area contributed by atoms with Gasteiger partial charge < -0.3 is 14.9 Å². The second-order valence-corrected chi connectivity index (χ2v) is 5.64. The third-order valence-corrected chi connectivity index (χ3v) is 3.84. The molecule has 2 N–H and O–H groups in total. The van der Waals surface area contributed by atoms with Crippen molar-refractivity contribution in [2.24, 2.45) is 0 Å². The van der Waals surface area contributed by atoms with Crippen LogP contribution >= 0.6 is 22.9 Å². The van der Waals surface area contributed by atoms with Crippen molar-refractivity contribution in [2.45, 2.75) is 0 Å². The van der Waals surface area contributed by atoms with Crippen LogP contribution in [0.2, 0.25) is 4.34 Å². The van der Waals surface area contributed by atoms with E-state index >= 15 is 0 Å². The lowest BCUT2D eigenvalue weighted by Crippen LogP contribution is -1.97. The predicted octanol–water partition coefficient (Wildman–Crippen LogP) is 3.43. The second kappa shape index (κ2) is 4.29. The summed E-state index contributed by atoms with van der Waals surface area (Å²) in [6, 6.07) is 6.14. The number of benzene rings is 1. The molecule has 0 fully saturated rings. The molecule has 1 aliphatic rings. The number of phenols is 2. The van der Waals surface area contributed by atoms with Gasteiger partial charge in [0.05, 0.1) is 9.90 Å². The first-order valence-corrected chi connectivity index (χ1v) is 6.50. The number of carbonyl (C=O) groups is 1. The fraction of sp³-hybridized carbons (Fsp3) is 0. The predicted molar refractivity (Wildman–Crippen MR) is 72.0 cm³/mol. The molecule has 6 heteroatoms. The number of ether oxygens (including phenoxy) is 1. The molecule has 0 atom stereocenters. The molecule has 2 aromatic rings. The molecular formula is C13H7ClO4S. The summed E-state index contributed by atoms with van der Waals surface area (Å²) in [4.78, 5) is 12.8. The van der Waals surface area contributed by atoms with Crippen LogP contribution in [0.1, 0.15) is 15.2 Å². The minimum atomic E-state index is -0.432. The van der Waals surface area contributed by atoms with Crippen LogP contribution in [-0.4, -0.2) is 16.0 Å². The molecule has 0 unspecified atom stereocenters. The Bertz CT molecular complexity index is 717. The number of halogens is 1. The zero-order chi connectivity index (χ0) is 13.6. The molecular weight excluding hydrogens is 288 g/mol. The number of ketones is 1. The van der Waals surface area contributed by atoms with Crippen molar-refractivity contribution in [3.63, 3.8) is 0 Å². The number of phenolic OH excluding ortho intramolecular Hbond substituents is 2. The van der Waals surface area contributed by atoms with Crippen LogP contribution in [-0.2, 0) is 0 Å². The molecule has 2 heterocycles. The quantitative estimate of drug-likeness (QED) is 0.624. The van der Waals surface area contributed by atoms with Gasteiger partial charge in [-0.15, -0.1) is 11.3 Å². The first-order chi connectivity index (χ1) is 9.06. The zero-order valence-electron chi connectivity index (χ0n) is 9.38. The average Bonchev–Trinajstić information content (AvgIpc) is 2.91. The highest BCUT2D eigenvalue weighted by Crippen LogP contribution is 2.44. The van der Waals surface area contributed by atoms with Gasteiger partial charge in [0.1, 0.15) is 0 Å². The lowest BCUT2D eigenvalue weighted by Gasteiger charge is -2.02. The highest BCUT2D eigenvalue weighted by atomic mass is 35.5. The SMILES string of the molecule is O=C1C(=Cc2ccc(Cl)s2)Oc2c1ccc(O)c2O. The number of fused-ring (bicyclic) bond motifs is 1. The number of thiophene rings is 1. The number of hydrogen-bond donors (Lipinski definition) is 2. The summed E-state index contributed by atoms with van der Waals surface area (Å²) in [7, 11) is 0. The molecule has 96 valence electrons. The van der Waals surface area contributed by atoms with E-state index in [0.717, 1.165) is 4.88 Å². The molecule has 1 aliphatic heterocycles. The van der Waals surface area contributed by atoms with Gasteiger partial charge in [0.2, 0.25) is 11.5 Å². The first kappa shape index (κ1) is 12.1. The summed E-state index contributed by atoms with van der Waals surface area (Å²) in [5.41, 5.74) is 0.226. The molecule has 1 aromatic heterocycles. The minimum Gasteiger partial charge on any atom is -0.504 e. The molecule has 3 rings (SSSR count). The second-order valence-electron chi connectivity index (χ2n) is 3.89. The van der Waals surface area contributed by atoms with Gasteiger partial charge in [-0.2, -0.15) is 0 Å². The van der Waals surface area contributed by atoms with E-state index in [1.807, 2.05) is 0 Å². The van der Waals surface area contributed by atoms with Crippen molar-refractivity contribution in [3.05, 3.63) is 44.8 Å². The lowest BCUT2D eigenvalue weighted by atomic mass is 10.1. The van der Waals surface area contributed by atoms with E-state index in [1.54, 1.807) is 18.2 Å². The first-order valence-electron chi connectivity index (χ1n) is 5.31. The number of hydrogen-bond acceptors (Lipinski definition) is 5. The van der Waals surface area contributed by atoms with Crippen LogP contribution < -0.4 is 4.74 Å². The Morgan fingerprint density at radius 3 is 2.68 bits per heavy atom. The van der Waals surface area contributed by atoms with Crippen molar-refractivity contribution >= 4 is 34.8 Å². The van der Waals surface area contributed by atoms with E-state index < -0.39 is 5.75 Å². The van der Waals surface area contributed by atoms with Gasteiger partial charge in [-0.3, -0.25) is 4.79 Å². The zero-order valence-corrected chi connectivity index (χ0v) is 11.0. The largest absolute Gasteiger partial charge is 0.504 e. The van der Waals surface area contributed by atoms with Crippen LogP contribution in [0.25, 0.3) is 6.08 Å². The van der Waals surface area contributed by atoms with Gasteiger partial charge in [0.25, 0.3) is 0 Å². The fourth-order valence-corrected chi connectivity index (χ4v) is 2.76. The molecule has 0 bridgehead atoms. The number of aromatic hydroxyl groups is 2. The molecule has 0 spiro atoms. The highest BCUT2D eigenvalue weighted by Gasteiger charge is 2.31. The summed E-state index contributed by atoms with van der Waals surface area (Å²) >= 11 is 7.12. The highest BCUT2D eigenvalue weighted by molar-refractivity contribution is 7.17. The van der Waals surface area contributed by atoms with E-state index in [4.69, 9.17) is 16.3 Å². The van der Waals surface area contributed by atoms with Crippen LogP contribution in [0.4, 0.5) is 0 Å². The smallest absolute Gasteiger partial charge is 0.232 e. The third-order valence-electron chi connectivity index (χ3n) is 2.66. The van der Waals surface area contributed by atoms with Crippen LogP contribution in [0.3, 0.4) is 0 Å². The van der Waals surface area contributed by atoms with E-state index in [1.165, 1.54) is 23.5 Å². The Morgan fingerprint density at radius 2 is 2.00 bits per heavy atom.